The molecule has 0 unspecified atom stereocenters. The van der Waals surface area contributed by atoms with Crippen molar-refractivity contribution < 1.29 is 0 Å². The van der Waals surface area contributed by atoms with Crippen LogP contribution >= 0.6 is 0 Å². The lowest BCUT2D eigenvalue weighted by molar-refractivity contribution is 1.21. The fourth-order valence-corrected chi connectivity index (χ4v) is 16.4. The van der Waals surface area contributed by atoms with Gasteiger partial charge in [-0.25, -0.2) is 0 Å². The van der Waals surface area contributed by atoms with Gasteiger partial charge in [0, 0.05) is 136 Å². The van der Waals surface area contributed by atoms with Gasteiger partial charge in [-0.15, -0.1) is 0 Å². The molecule has 0 saturated carbocycles. The number of hydrogen-bond donors (Lipinski definition) is 0. The molecule has 9 heteroatoms. The van der Waals surface area contributed by atoms with E-state index in [0.29, 0.717) is 0 Å². The molecule has 9 nitrogen and oxygen atoms in total. The highest BCUT2D eigenvalue weighted by molar-refractivity contribution is 5.94. The first-order valence-electron chi connectivity index (χ1n) is 41.6. The Bertz CT molecular complexity index is 5270. The first-order valence-corrected chi connectivity index (χ1v) is 41.6. The van der Waals surface area contributed by atoms with Crippen molar-refractivity contribution in [1.29, 1.82) is 0 Å². The molecule has 0 atom stereocenters. The summed E-state index contributed by atoms with van der Waals surface area (Å²) in [5, 5.41) is 0. The van der Waals surface area contributed by atoms with Crippen LogP contribution in [0, 0.1) is 0 Å². The van der Waals surface area contributed by atoms with Crippen molar-refractivity contribution in [2.24, 2.45) is 0 Å². The van der Waals surface area contributed by atoms with E-state index in [1.165, 1.54) is 0 Å². The van der Waals surface area contributed by atoms with Crippen LogP contribution in [0.25, 0.3) is 0 Å². The van der Waals surface area contributed by atoms with Gasteiger partial charge in [0.05, 0.1) is 17.1 Å². The minimum Gasteiger partial charge on any atom is -0.311 e. The normalized spacial score (nSPS) is 10.9. The third-order valence-electron chi connectivity index (χ3n) is 22.0. The zero-order chi connectivity index (χ0) is 82.3. The van der Waals surface area contributed by atoms with Crippen LogP contribution < -0.4 is 44.1 Å². The van der Waals surface area contributed by atoms with Crippen molar-refractivity contribution in [3.8, 4) is 0 Å². The molecule has 0 amide bonds. The average molecular weight is 1580 g/mol. The lowest BCUT2D eigenvalue weighted by atomic mass is 10.1. The SMILES string of the molecule is c1ccc(N(c2ccccc2)c2ccc(N(c3ccc(N(c4ccccc4)c4ccccc4)cc3)c3cc(N(c4ccc(N(c5ccccc5)c5ccccc5)cc4)c4ccc(N(c5ccccc5)c5ccccc5)cc4)cc(N(c4ccc(N(c5ccccc5)c5ccccc5)cc4)c4ccc(N(c5ccccc5)c5ccccc5)cc4)c3)cc2)cc1. The average Bonchev–Trinajstić information content (AvgIpc) is 0.756. The molecule has 0 aromatic heterocycles. The Hall–Kier alpha value is -16.6. The number of anilines is 27. The van der Waals surface area contributed by atoms with E-state index < -0.39 is 0 Å². The van der Waals surface area contributed by atoms with E-state index in [1.807, 2.05) is 0 Å². The molecule has 588 valence electrons. The van der Waals surface area contributed by atoms with Crippen molar-refractivity contribution in [2.75, 3.05) is 44.1 Å². The molecule has 123 heavy (non-hydrogen) atoms. The van der Waals surface area contributed by atoms with Gasteiger partial charge in [-0.1, -0.05) is 218 Å². The highest BCUT2D eigenvalue weighted by atomic mass is 15.2. The molecule has 19 aromatic carbocycles. The predicted molar refractivity (Wildman–Crippen MR) is 519 cm³/mol. The maximum atomic E-state index is 2.42. The smallest absolute Gasteiger partial charge is 0.0503 e. The van der Waals surface area contributed by atoms with Crippen molar-refractivity contribution in [2.45, 2.75) is 0 Å². The van der Waals surface area contributed by atoms with E-state index in [9.17, 15) is 0 Å². The summed E-state index contributed by atoms with van der Waals surface area (Å²) in [6.45, 7) is 0. The van der Waals surface area contributed by atoms with Crippen molar-refractivity contribution in [3.05, 3.63) is 528 Å². The van der Waals surface area contributed by atoms with Gasteiger partial charge in [0.15, 0.2) is 0 Å². The Kier molecular flexibility index (Phi) is 22.4. The Labute approximate surface area is 720 Å². The molecule has 0 spiro atoms. The third-order valence-corrected chi connectivity index (χ3v) is 22.0. The highest BCUT2D eigenvalue weighted by Gasteiger charge is 2.27. The van der Waals surface area contributed by atoms with Crippen LogP contribution in [0.4, 0.5) is 154 Å². The molecule has 0 fully saturated rings. The minimum atomic E-state index is 0.891. The zero-order valence-electron chi connectivity index (χ0n) is 67.8. The van der Waals surface area contributed by atoms with Gasteiger partial charge in [-0.05, 0) is 309 Å². The Morgan fingerprint density at radius 3 is 0.211 bits per heavy atom. The first-order chi connectivity index (χ1) is 61.0. The molecule has 0 heterocycles. The maximum Gasteiger partial charge on any atom is 0.0503 e. The van der Waals surface area contributed by atoms with Gasteiger partial charge in [0.2, 0.25) is 0 Å². The number of benzene rings is 19. The topological polar surface area (TPSA) is 29.2 Å². The highest BCUT2D eigenvalue weighted by Crippen LogP contribution is 2.51. The Balaban J connectivity index is 0.866. The van der Waals surface area contributed by atoms with Crippen molar-refractivity contribution in [1.82, 2.24) is 0 Å². The minimum absolute atomic E-state index is 0.891. The molecule has 19 aromatic rings. The fourth-order valence-electron chi connectivity index (χ4n) is 16.4. The molecule has 0 aliphatic heterocycles. The second kappa shape index (κ2) is 36.1. The van der Waals surface area contributed by atoms with Crippen LogP contribution in [-0.2, 0) is 0 Å². The van der Waals surface area contributed by atoms with Gasteiger partial charge in [-0.2, -0.15) is 0 Å². The van der Waals surface area contributed by atoms with E-state index in [1.54, 1.807) is 0 Å². The van der Waals surface area contributed by atoms with Crippen molar-refractivity contribution >= 4 is 154 Å². The standard InChI is InChI=1S/C114H87N9/c1-13-37-88(38-14-1)115(89-39-15-2-16-40-89)100-61-73-106(74-62-100)121(107-75-63-101(64-76-107)116(90-41-17-3-18-42-90)91-43-19-4-20-44-91)112-85-113(122(108-77-65-102(66-78-108)117(92-45-21-5-22-46-92)93-47-23-6-24-48-93)109-79-67-103(68-80-109)118(94-49-25-7-26-50-94)95-51-27-8-28-52-95)87-114(86-112)123(110-81-69-104(70-82-110)119(96-53-29-9-30-54-96)97-55-31-10-32-56-97)111-83-71-105(72-84-111)120(98-57-33-11-34-58-98)99-59-35-12-36-60-99/h1-87H. The summed E-state index contributed by atoms with van der Waals surface area (Å²) in [5.74, 6) is 0. The molecule has 0 saturated heterocycles. The second-order valence-corrected chi connectivity index (χ2v) is 29.9. The van der Waals surface area contributed by atoms with Crippen LogP contribution in [0.1, 0.15) is 0 Å². The molecule has 0 N–H and O–H groups in total. The largest absolute Gasteiger partial charge is 0.311 e. The molecule has 0 aliphatic rings. The maximum absolute atomic E-state index is 2.42. The number of para-hydroxylation sites is 12. The van der Waals surface area contributed by atoms with Gasteiger partial charge in [0.1, 0.15) is 0 Å². The third kappa shape index (κ3) is 16.7. The Morgan fingerprint density at radius 1 is 0.0650 bits per heavy atom. The van der Waals surface area contributed by atoms with Crippen LogP contribution in [-0.4, -0.2) is 0 Å². The predicted octanol–water partition coefficient (Wildman–Crippen LogP) is 32.9. The lowest BCUT2D eigenvalue weighted by Gasteiger charge is -2.34. The number of hydrogen-bond acceptors (Lipinski definition) is 9. The quantitative estimate of drug-likeness (QED) is 0.0499. The monoisotopic (exact) mass is 1580 g/mol. The summed E-state index contributed by atoms with van der Waals surface area (Å²) in [5.41, 5.74) is 26.9. The van der Waals surface area contributed by atoms with E-state index >= 15 is 0 Å². The summed E-state index contributed by atoms with van der Waals surface area (Å²) >= 11 is 0. The second-order valence-electron chi connectivity index (χ2n) is 29.9. The molecule has 0 bridgehead atoms. The lowest BCUT2D eigenvalue weighted by Crippen LogP contribution is -2.17. The summed E-state index contributed by atoms with van der Waals surface area (Å²) in [6.07, 6.45) is 0. The summed E-state index contributed by atoms with van der Waals surface area (Å²) < 4.78 is 0. The summed E-state index contributed by atoms with van der Waals surface area (Å²) in [6, 6.07) is 189. The molecular weight excluding hydrogens is 1500 g/mol. The van der Waals surface area contributed by atoms with E-state index in [0.717, 1.165) is 154 Å². The first kappa shape index (κ1) is 76.4. The zero-order valence-corrected chi connectivity index (χ0v) is 67.8. The van der Waals surface area contributed by atoms with E-state index in [4.69, 9.17) is 0 Å². The van der Waals surface area contributed by atoms with Gasteiger partial charge in [0.25, 0.3) is 0 Å². The van der Waals surface area contributed by atoms with Gasteiger partial charge >= 0.3 is 0 Å². The van der Waals surface area contributed by atoms with Crippen molar-refractivity contribution in [3.63, 3.8) is 0 Å². The van der Waals surface area contributed by atoms with E-state index in [2.05, 4.69) is 572 Å². The molecule has 19 rings (SSSR count). The fraction of sp³-hybridized carbons (Fsp3) is 0. The number of nitrogens with zero attached hydrogens (tertiary/aromatic N) is 9. The summed E-state index contributed by atoms with van der Waals surface area (Å²) in [7, 11) is 0. The van der Waals surface area contributed by atoms with Gasteiger partial charge in [-0.3, -0.25) is 0 Å². The molecule has 0 aliphatic carbocycles. The van der Waals surface area contributed by atoms with E-state index in [-0.39, 0.29) is 0 Å². The molecular formula is C114H87N9. The van der Waals surface area contributed by atoms with Crippen LogP contribution in [0.3, 0.4) is 0 Å². The van der Waals surface area contributed by atoms with Crippen LogP contribution in [0.15, 0.2) is 528 Å². The van der Waals surface area contributed by atoms with Gasteiger partial charge < -0.3 is 44.1 Å². The Morgan fingerprint density at radius 2 is 0.130 bits per heavy atom. The van der Waals surface area contributed by atoms with Crippen LogP contribution in [0.5, 0.6) is 0 Å². The number of rotatable bonds is 27. The molecule has 0 radical (unpaired) electrons. The summed E-state index contributed by atoms with van der Waals surface area (Å²) in [4.78, 5) is 21.2. The van der Waals surface area contributed by atoms with Crippen LogP contribution in [0.2, 0.25) is 0 Å².